The van der Waals surface area contributed by atoms with Crippen molar-refractivity contribution in [3.63, 3.8) is 0 Å². The highest BCUT2D eigenvalue weighted by Gasteiger charge is 2.36. The first kappa shape index (κ1) is 19.5. The number of rotatable bonds is 5. The summed E-state index contributed by atoms with van der Waals surface area (Å²) in [5.74, 6) is -2.13. The molecule has 1 saturated heterocycles. The number of likely N-dealkylation sites (N-methyl/N-ethyl adjacent to an activating group) is 1. The number of halogens is 2. The molecule has 3 rings (SSSR count). The summed E-state index contributed by atoms with van der Waals surface area (Å²) in [5, 5.41) is 0. The molecule has 0 saturated carbocycles. The quantitative estimate of drug-likeness (QED) is 0.807. The first-order chi connectivity index (χ1) is 13.0. The van der Waals surface area contributed by atoms with E-state index in [2.05, 4.69) is 0 Å². The number of carbonyl (C=O) groups is 1. The molecule has 0 bridgehead atoms. The van der Waals surface area contributed by atoms with Crippen LogP contribution >= 0.6 is 0 Å². The van der Waals surface area contributed by atoms with E-state index in [1.165, 1.54) is 12.1 Å². The van der Waals surface area contributed by atoms with E-state index < -0.39 is 11.6 Å². The Morgan fingerprint density at radius 1 is 1.15 bits per heavy atom. The molecule has 2 atom stereocenters. The van der Waals surface area contributed by atoms with Gasteiger partial charge in [0.05, 0.1) is 25.2 Å². The van der Waals surface area contributed by atoms with E-state index in [1.807, 2.05) is 49.3 Å². The fourth-order valence-corrected chi connectivity index (χ4v) is 3.52. The van der Waals surface area contributed by atoms with Gasteiger partial charge in [-0.15, -0.1) is 0 Å². The Bertz CT molecular complexity index is 783. The summed E-state index contributed by atoms with van der Waals surface area (Å²) in [5.41, 5.74) is 1.04. The maximum atomic E-state index is 14.0. The summed E-state index contributed by atoms with van der Waals surface area (Å²) < 4.78 is 33.5. The molecule has 0 aromatic heterocycles. The Hall–Kier alpha value is -2.31. The van der Waals surface area contributed by atoms with Crippen molar-refractivity contribution in [2.75, 3.05) is 33.8 Å². The number of morpholine rings is 1. The van der Waals surface area contributed by atoms with E-state index in [9.17, 15) is 13.6 Å². The van der Waals surface area contributed by atoms with Gasteiger partial charge in [-0.1, -0.05) is 42.5 Å². The Balaban J connectivity index is 1.88. The van der Waals surface area contributed by atoms with Crippen molar-refractivity contribution in [2.24, 2.45) is 0 Å². The lowest BCUT2D eigenvalue weighted by Crippen LogP contribution is -2.51. The van der Waals surface area contributed by atoms with Crippen LogP contribution in [0.3, 0.4) is 0 Å². The van der Waals surface area contributed by atoms with Crippen molar-refractivity contribution < 1.29 is 18.3 Å². The number of hydrogen-bond donors (Lipinski definition) is 0. The normalized spacial score (nSPS) is 20.1. The van der Waals surface area contributed by atoms with Crippen molar-refractivity contribution in [1.82, 2.24) is 9.80 Å². The van der Waals surface area contributed by atoms with E-state index in [1.54, 1.807) is 4.90 Å². The van der Waals surface area contributed by atoms with Gasteiger partial charge in [0.1, 0.15) is 0 Å². The molecule has 0 spiro atoms. The Morgan fingerprint density at radius 2 is 1.89 bits per heavy atom. The van der Waals surface area contributed by atoms with E-state index in [0.29, 0.717) is 19.7 Å². The summed E-state index contributed by atoms with van der Waals surface area (Å²) in [4.78, 5) is 16.8. The highest BCUT2D eigenvalue weighted by Crippen LogP contribution is 2.31. The fourth-order valence-electron chi connectivity index (χ4n) is 3.52. The summed E-state index contributed by atoms with van der Waals surface area (Å²) in [6.45, 7) is 1.48. The molecule has 2 aromatic carbocycles. The zero-order valence-electron chi connectivity index (χ0n) is 15.6. The standard InChI is InChI=1S/C21H24F2N2O2/c1-24(2)14-18-21(15-7-4-3-5-8-15)25(11-12-27-18)19(26)13-16-9-6-10-17(22)20(16)23/h3-10,18,21H,11-14H2,1-2H3/t18-,21-/m0/s1. The van der Waals surface area contributed by atoms with Gasteiger partial charge in [0.2, 0.25) is 5.91 Å². The van der Waals surface area contributed by atoms with E-state index in [-0.39, 0.29) is 30.0 Å². The molecule has 144 valence electrons. The SMILES string of the molecule is CN(C)C[C@@H]1OCCN(C(=O)Cc2cccc(F)c2F)[C@H]1c1ccccc1. The third-order valence-corrected chi connectivity index (χ3v) is 4.73. The average molecular weight is 374 g/mol. The molecule has 27 heavy (non-hydrogen) atoms. The van der Waals surface area contributed by atoms with Crippen LogP contribution in [0.4, 0.5) is 8.78 Å². The predicted octanol–water partition coefficient (Wildman–Crippen LogP) is 3.04. The number of ether oxygens (including phenoxy) is 1. The van der Waals surface area contributed by atoms with Gasteiger partial charge in [0.25, 0.3) is 0 Å². The van der Waals surface area contributed by atoms with Gasteiger partial charge in [0, 0.05) is 18.7 Å². The second-order valence-electron chi connectivity index (χ2n) is 7.00. The topological polar surface area (TPSA) is 32.8 Å². The third kappa shape index (κ3) is 4.51. The summed E-state index contributed by atoms with van der Waals surface area (Å²) in [6.07, 6.45) is -0.376. The third-order valence-electron chi connectivity index (χ3n) is 4.73. The second-order valence-corrected chi connectivity index (χ2v) is 7.00. The minimum atomic E-state index is -0.958. The first-order valence-electron chi connectivity index (χ1n) is 9.01. The zero-order chi connectivity index (χ0) is 19.4. The minimum Gasteiger partial charge on any atom is -0.373 e. The molecule has 0 aliphatic carbocycles. The zero-order valence-corrected chi connectivity index (χ0v) is 15.6. The largest absolute Gasteiger partial charge is 0.373 e. The minimum absolute atomic E-state index is 0.0717. The number of carbonyl (C=O) groups excluding carboxylic acids is 1. The Morgan fingerprint density at radius 3 is 2.59 bits per heavy atom. The summed E-state index contributed by atoms with van der Waals surface area (Å²) in [6, 6.07) is 13.3. The molecular formula is C21H24F2N2O2. The molecule has 6 heteroatoms. The van der Waals surface area contributed by atoms with E-state index >= 15 is 0 Å². The molecule has 1 aliphatic rings. The highest BCUT2D eigenvalue weighted by molar-refractivity contribution is 5.79. The number of benzene rings is 2. The van der Waals surface area contributed by atoms with Gasteiger partial charge >= 0.3 is 0 Å². The fraction of sp³-hybridized carbons (Fsp3) is 0.381. The van der Waals surface area contributed by atoms with Crippen molar-refractivity contribution in [3.8, 4) is 0 Å². The Labute approximate surface area is 158 Å². The Kier molecular flexibility index (Phi) is 6.19. The molecule has 0 N–H and O–H groups in total. The predicted molar refractivity (Wildman–Crippen MR) is 99.3 cm³/mol. The monoisotopic (exact) mass is 374 g/mol. The van der Waals surface area contributed by atoms with Crippen LogP contribution in [-0.2, 0) is 16.0 Å². The molecular weight excluding hydrogens is 350 g/mol. The van der Waals surface area contributed by atoms with Gasteiger partial charge in [-0.25, -0.2) is 8.78 Å². The van der Waals surface area contributed by atoms with Crippen LogP contribution in [0.25, 0.3) is 0 Å². The maximum absolute atomic E-state index is 14.0. The molecule has 1 aliphatic heterocycles. The van der Waals surface area contributed by atoms with Crippen LogP contribution in [0.1, 0.15) is 17.2 Å². The lowest BCUT2D eigenvalue weighted by atomic mass is 9.96. The van der Waals surface area contributed by atoms with Crippen molar-refractivity contribution in [2.45, 2.75) is 18.6 Å². The number of amides is 1. The van der Waals surface area contributed by atoms with E-state index in [4.69, 9.17) is 4.74 Å². The number of hydrogen-bond acceptors (Lipinski definition) is 3. The smallest absolute Gasteiger partial charge is 0.227 e. The second kappa shape index (κ2) is 8.59. The van der Waals surface area contributed by atoms with Gasteiger partial charge in [-0.2, -0.15) is 0 Å². The van der Waals surface area contributed by atoms with Crippen molar-refractivity contribution >= 4 is 5.91 Å². The first-order valence-corrected chi connectivity index (χ1v) is 9.01. The molecule has 1 heterocycles. The molecule has 1 fully saturated rings. The lowest BCUT2D eigenvalue weighted by molar-refractivity contribution is -0.147. The van der Waals surface area contributed by atoms with Crippen LogP contribution < -0.4 is 0 Å². The molecule has 0 radical (unpaired) electrons. The van der Waals surface area contributed by atoms with Crippen LogP contribution in [0.5, 0.6) is 0 Å². The van der Waals surface area contributed by atoms with Gasteiger partial charge in [-0.05, 0) is 25.7 Å². The van der Waals surface area contributed by atoms with Gasteiger partial charge in [0.15, 0.2) is 11.6 Å². The van der Waals surface area contributed by atoms with Crippen LogP contribution in [-0.4, -0.2) is 55.6 Å². The molecule has 1 amide bonds. The average Bonchev–Trinajstić information content (AvgIpc) is 2.65. The summed E-state index contributed by atoms with van der Waals surface area (Å²) in [7, 11) is 3.91. The van der Waals surface area contributed by atoms with Crippen LogP contribution in [0.15, 0.2) is 48.5 Å². The van der Waals surface area contributed by atoms with Crippen LogP contribution in [0.2, 0.25) is 0 Å². The molecule has 0 unspecified atom stereocenters. The highest BCUT2D eigenvalue weighted by atomic mass is 19.2. The maximum Gasteiger partial charge on any atom is 0.227 e. The van der Waals surface area contributed by atoms with Crippen molar-refractivity contribution in [3.05, 3.63) is 71.3 Å². The summed E-state index contributed by atoms with van der Waals surface area (Å²) >= 11 is 0. The number of nitrogens with zero attached hydrogens (tertiary/aromatic N) is 2. The van der Waals surface area contributed by atoms with Crippen LogP contribution in [0, 0.1) is 11.6 Å². The van der Waals surface area contributed by atoms with Gasteiger partial charge < -0.3 is 14.5 Å². The van der Waals surface area contributed by atoms with Crippen molar-refractivity contribution in [1.29, 1.82) is 0 Å². The lowest BCUT2D eigenvalue weighted by Gasteiger charge is -2.42. The van der Waals surface area contributed by atoms with E-state index in [0.717, 1.165) is 11.6 Å². The van der Waals surface area contributed by atoms with Gasteiger partial charge in [-0.3, -0.25) is 4.79 Å². The molecule has 4 nitrogen and oxygen atoms in total. The molecule has 2 aromatic rings.